The second-order valence-electron chi connectivity index (χ2n) is 6.72. The number of hydrogen-bond acceptors (Lipinski definition) is 3. The van der Waals surface area contributed by atoms with E-state index in [-0.39, 0.29) is 12.3 Å². The largest absolute Gasteiger partial charge is 0.342 e. The molecule has 0 spiro atoms. The van der Waals surface area contributed by atoms with Gasteiger partial charge in [0.2, 0.25) is 5.91 Å². The van der Waals surface area contributed by atoms with Crippen molar-refractivity contribution in [3.63, 3.8) is 0 Å². The second kappa shape index (κ2) is 7.09. The molecule has 2 heterocycles. The van der Waals surface area contributed by atoms with Crippen molar-refractivity contribution in [3.05, 3.63) is 67.5 Å². The van der Waals surface area contributed by atoms with Crippen molar-refractivity contribution >= 4 is 5.91 Å². The van der Waals surface area contributed by atoms with E-state index in [0.717, 1.165) is 12.8 Å². The zero-order valence-electron chi connectivity index (χ0n) is 14.6. The third-order valence-corrected chi connectivity index (χ3v) is 4.99. The predicted molar refractivity (Wildman–Crippen MR) is 95.9 cm³/mol. The summed E-state index contributed by atoms with van der Waals surface area (Å²) in [6, 6.07) is 8.28. The Morgan fingerprint density at radius 3 is 2.68 bits per heavy atom. The Hall–Kier alpha value is -2.63. The molecule has 132 valence electrons. The highest BCUT2D eigenvalue weighted by Gasteiger charge is 2.26. The Kier molecular flexibility index (Phi) is 4.88. The van der Waals surface area contributed by atoms with E-state index in [1.54, 1.807) is 6.92 Å². The molecule has 25 heavy (non-hydrogen) atoms. The molecule has 1 aliphatic rings. The van der Waals surface area contributed by atoms with Gasteiger partial charge in [0.1, 0.15) is 0 Å². The molecule has 0 aliphatic carbocycles. The van der Waals surface area contributed by atoms with Crippen LogP contribution in [-0.4, -0.2) is 33.9 Å². The van der Waals surface area contributed by atoms with Crippen molar-refractivity contribution in [2.75, 3.05) is 13.1 Å². The maximum Gasteiger partial charge on any atom is 0.325 e. The lowest BCUT2D eigenvalue weighted by molar-refractivity contribution is -0.131. The molecule has 1 saturated heterocycles. The molecule has 0 radical (unpaired) electrons. The normalized spacial score (nSPS) is 17.5. The van der Waals surface area contributed by atoms with Gasteiger partial charge in [-0.15, -0.1) is 0 Å². The number of nitrogens with one attached hydrogen (secondary N) is 2. The zero-order valence-corrected chi connectivity index (χ0v) is 14.6. The van der Waals surface area contributed by atoms with Gasteiger partial charge in [-0.1, -0.05) is 24.3 Å². The van der Waals surface area contributed by atoms with E-state index < -0.39 is 11.2 Å². The van der Waals surface area contributed by atoms with Gasteiger partial charge in [0.25, 0.3) is 5.56 Å². The number of benzene rings is 1. The fourth-order valence-electron chi connectivity index (χ4n) is 3.60. The van der Waals surface area contributed by atoms with Crippen molar-refractivity contribution in [3.8, 4) is 0 Å². The summed E-state index contributed by atoms with van der Waals surface area (Å²) in [5.74, 6) is 0.257. The third kappa shape index (κ3) is 3.73. The molecule has 1 amide bonds. The molecule has 0 unspecified atom stereocenters. The topological polar surface area (TPSA) is 86.0 Å². The third-order valence-electron chi connectivity index (χ3n) is 4.99. The summed E-state index contributed by atoms with van der Waals surface area (Å²) in [6.45, 7) is 5.12. The molecular weight excluding hydrogens is 318 g/mol. The summed E-state index contributed by atoms with van der Waals surface area (Å²) in [7, 11) is 0. The highest BCUT2D eigenvalue weighted by atomic mass is 16.2. The van der Waals surface area contributed by atoms with Crippen molar-refractivity contribution in [2.24, 2.45) is 0 Å². The lowest BCUT2D eigenvalue weighted by Crippen LogP contribution is -2.41. The summed E-state index contributed by atoms with van der Waals surface area (Å²) < 4.78 is 0. The standard InChI is InChI=1S/C19H23N3O3/c1-12-6-3-4-8-15(12)14-7-5-9-22(11-14)17(23)10-16-13(2)20-19(25)21-18(16)24/h3-4,6,8,14H,5,7,9-11H2,1-2H3,(H2,20,21,24,25)/t14-/m1/s1. The Morgan fingerprint density at radius 2 is 1.96 bits per heavy atom. The van der Waals surface area contributed by atoms with E-state index in [0.29, 0.717) is 30.3 Å². The minimum absolute atomic E-state index is 0.0123. The molecule has 2 aromatic rings. The molecule has 6 heteroatoms. The first kappa shape index (κ1) is 17.2. The number of aromatic nitrogens is 2. The fourth-order valence-corrected chi connectivity index (χ4v) is 3.60. The van der Waals surface area contributed by atoms with Gasteiger partial charge in [0.05, 0.1) is 6.42 Å². The highest BCUT2D eigenvalue weighted by Crippen LogP contribution is 2.29. The molecule has 0 saturated carbocycles. The van der Waals surface area contributed by atoms with Gasteiger partial charge in [-0.05, 0) is 37.8 Å². The summed E-state index contributed by atoms with van der Waals surface area (Å²) in [5, 5.41) is 0. The Balaban J connectivity index is 1.76. The van der Waals surface area contributed by atoms with Crippen LogP contribution in [0.5, 0.6) is 0 Å². The summed E-state index contributed by atoms with van der Waals surface area (Å²) in [6.07, 6.45) is 2.02. The molecule has 1 atom stereocenters. The average molecular weight is 341 g/mol. The Bertz CT molecular complexity index is 897. The number of piperidine rings is 1. The smallest absolute Gasteiger partial charge is 0.325 e. The van der Waals surface area contributed by atoms with Crippen LogP contribution in [0.4, 0.5) is 0 Å². The second-order valence-corrected chi connectivity index (χ2v) is 6.72. The molecule has 1 aromatic heterocycles. The molecule has 3 rings (SSSR count). The van der Waals surface area contributed by atoms with Crippen LogP contribution in [0.25, 0.3) is 0 Å². The molecule has 1 aliphatic heterocycles. The molecule has 1 aromatic carbocycles. The number of carbonyl (C=O) groups is 1. The fraction of sp³-hybridized carbons (Fsp3) is 0.421. The van der Waals surface area contributed by atoms with E-state index in [1.165, 1.54) is 11.1 Å². The van der Waals surface area contributed by atoms with Gasteiger partial charge < -0.3 is 9.88 Å². The molecular formula is C19H23N3O3. The highest BCUT2D eigenvalue weighted by molar-refractivity contribution is 5.79. The van der Waals surface area contributed by atoms with Crippen LogP contribution in [0.3, 0.4) is 0 Å². The van der Waals surface area contributed by atoms with Crippen LogP contribution in [0.1, 0.15) is 41.1 Å². The van der Waals surface area contributed by atoms with Crippen LogP contribution < -0.4 is 11.2 Å². The number of H-pyrrole nitrogens is 2. The van der Waals surface area contributed by atoms with E-state index in [1.807, 2.05) is 17.0 Å². The maximum absolute atomic E-state index is 12.7. The Labute approximate surface area is 145 Å². The first-order valence-electron chi connectivity index (χ1n) is 8.61. The minimum atomic E-state index is -0.545. The first-order chi connectivity index (χ1) is 12.0. The van der Waals surface area contributed by atoms with Crippen LogP contribution in [-0.2, 0) is 11.2 Å². The Morgan fingerprint density at radius 1 is 1.20 bits per heavy atom. The quantitative estimate of drug-likeness (QED) is 0.890. The first-order valence-corrected chi connectivity index (χ1v) is 8.61. The number of aromatic amines is 2. The van der Waals surface area contributed by atoms with Gasteiger partial charge >= 0.3 is 5.69 Å². The van der Waals surface area contributed by atoms with Crippen LogP contribution in [0, 0.1) is 13.8 Å². The van der Waals surface area contributed by atoms with Crippen molar-refractivity contribution in [1.29, 1.82) is 0 Å². The number of nitrogens with zero attached hydrogens (tertiary/aromatic N) is 1. The minimum Gasteiger partial charge on any atom is -0.342 e. The van der Waals surface area contributed by atoms with Gasteiger partial charge in [0.15, 0.2) is 0 Å². The van der Waals surface area contributed by atoms with E-state index in [9.17, 15) is 14.4 Å². The van der Waals surface area contributed by atoms with Gasteiger partial charge in [-0.3, -0.25) is 14.6 Å². The SMILES string of the molecule is Cc1ccccc1[C@@H]1CCCN(C(=O)Cc2c(C)[nH]c(=O)[nH]c2=O)C1. The van der Waals surface area contributed by atoms with Crippen LogP contribution >= 0.6 is 0 Å². The number of carbonyl (C=O) groups excluding carboxylic acids is 1. The number of likely N-dealkylation sites (tertiary alicyclic amines) is 1. The van der Waals surface area contributed by atoms with E-state index >= 15 is 0 Å². The predicted octanol–water partition coefficient (Wildman–Crippen LogP) is 1.63. The molecule has 0 bridgehead atoms. The number of hydrogen-bond donors (Lipinski definition) is 2. The summed E-state index contributed by atoms with van der Waals surface area (Å²) in [5.41, 5.74) is 2.29. The maximum atomic E-state index is 12.7. The van der Waals surface area contributed by atoms with Crippen LogP contribution in [0.15, 0.2) is 33.9 Å². The molecule has 2 N–H and O–H groups in total. The van der Waals surface area contributed by atoms with Gasteiger partial charge in [0, 0.05) is 30.3 Å². The number of rotatable bonds is 3. The number of amides is 1. The monoisotopic (exact) mass is 341 g/mol. The van der Waals surface area contributed by atoms with E-state index in [4.69, 9.17) is 0 Å². The van der Waals surface area contributed by atoms with E-state index in [2.05, 4.69) is 29.0 Å². The average Bonchev–Trinajstić information content (AvgIpc) is 2.58. The van der Waals surface area contributed by atoms with Crippen molar-refractivity contribution in [1.82, 2.24) is 14.9 Å². The molecule has 6 nitrogen and oxygen atoms in total. The zero-order chi connectivity index (χ0) is 18.0. The lowest BCUT2D eigenvalue weighted by atomic mass is 9.88. The molecule has 1 fully saturated rings. The lowest BCUT2D eigenvalue weighted by Gasteiger charge is -2.33. The van der Waals surface area contributed by atoms with Crippen molar-refractivity contribution < 1.29 is 4.79 Å². The van der Waals surface area contributed by atoms with Gasteiger partial charge in [-0.25, -0.2) is 4.79 Å². The summed E-state index contributed by atoms with van der Waals surface area (Å²) in [4.78, 5) is 42.5. The number of aryl methyl sites for hydroxylation is 2. The van der Waals surface area contributed by atoms with Crippen molar-refractivity contribution in [2.45, 2.75) is 39.0 Å². The summed E-state index contributed by atoms with van der Waals surface area (Å²) >= 11 is 0. The van der Waals surface area contributed by atoms with Crippen LogP contribution in [0.2, 0.25) is 0 Å². The van der Waals surface area contributed by atoms with Gasteiger partial charge in [-0.2, -0.15) is 0 Å².